The van der Waals surface area contributed by atoms with Gasteiger partial charge in [0.1, 0.15) is 5.75 Å². The third kappa shape index (κ3) is 4.04. The Morgan fingerprint density at radius 2 is 2.00 bits per heavy atom. The molecule has 6 nitrogen and oxygen atoms in total. The lowest BCUT2D eigenvalue weighted by Gasteiger charge is -2.09. The second-order valence-electron chi connectivity index (χ2n) is 6.05. The van der Waals surface area contributed by atoms with E-state index in [1.54, 1.807) is 7.11 Å². The maximum Gasteiger partial charge on any atom is 0.411 e. The number of rotatable bonds is 6. The number of carbonyl (C=O) groups is 1. The monoisotopic (exact) mass is 363 g/mol. The number of benzene rings is 2. The Morgan fingerprint density at radius 3 is 2.67 bits per heavy atom. The minimum absolute atomic E-state index is 0.310. The highest BCUT2D eigenvalue weighted by molar-refractivity contribution is 5.92. The number of hydrogen-bond acceptors (Lipinski definition) is 4. The molecule has 0 spiro atoms. The summed E-state index contributed by atoms with van der Waals surface area (Å²) in [7, 11) is 1.63. The largest absolute Gasteiger partial charge is 0.497 e. The zero-order valence-electron chi connectivity index (χ0n) is 15.4. The predicted octanol–water partition coefficient (Wildman–Crippen LogP) is 4.66. The summed E-state index contributed by atoms with van der Waals surface area (Å²) in [5.74, 6) is 0.772. The van der Waals surface area contributed by atoms with E-state index in [-0.39, 0.29) is 0 Å². The third-order valence-corrected chi connectivity index (χ3v) is 4.19. The molecule has 3 rings (SSSR count). The minimum atomic E-state index is -0.476. The van der Waals surface area contributed by atoms with Crippen molar-refractivity contribution in [2.24, 2.45) is 0 Å². The van der Waals surface area contributed by atoms with E-state index < -0.39 is 6.09 Å². The molecule has 0 aliphatic carbocycles. The first-order valence-electron chi connectivity index (χ1n) is 8.75. The van der Waals surface area contributed by atoms with Crippen LogP contribution in [0.3, 0.4) is 0 Å². The summed E-state index contributed by atoms with van der Waals surface area (Å²) in [6, 6.07) is 15.5. The molecule has 1 heterocycles. The number of nitrogens with zero attached hydrogens (tertiary/aromatic N) is 2. The Balaban J connectivity index is 2.01. The molecule has 0 saturated heterocycles. The third-order valence-electron chi connectivity index (χ3n) is 4.19. The molecule has 1 amide bonds. The molecule has 0 aliphatic heterocycles. The topological polar surface area (TPSA) is 76.3 Å². The van der Waals surface area contributed by atoms with Crippen molar-refractivity contribution >= 4 is 22.7 Å². The van der Waals surface area contributed by atoms with Gasteiger partial charge in [-0.3, -0.25) is 5.32 Å². The summed E-state index contributed by atoms with van der Waals surface area (Å²) in [5.41, 5.74) is 3.41. The van der Waals surface area contributed by atoms with Gasteiger partial charge >= 0.3 is 6.09 Å². The Kier molecular flexibility index (Phi) is 5.62. The van der Waals surface area contributed by atoms with Gasteiger partial charge in [-0.05, 0) is 48.4 Å². The standard InChI is InChI=1S/C21H21N3O3/c1-3-12-27-21(25)23-16-4-9-19-15(10-11-22)14-24(20(19)13-16)17-5-7-18(26-2)8-6-17/h4-9,13-14H,3,10,12H2,1-2H3,(H,23,25). The lowest BCUT2D eigenvalue weighted by molar-refractivity contribution is 0.161. The van der Waals surface area contributed by atoms with Crippen molar-refractivity contribution in [3.63, 3.8) is 0 Å². The molecule has 3 aromatic rings. The van der Waals surface area contributed by atoms with Crippen LogP contribution in [0.15, 0.2) is 48.7 Å². The average Bonchev–Trinajstić information content (AvgIpc) is 3.04. The molecule has 0 fully saturated rings. The van der Waals surface area contributed by atoms with Crippen molar-refractivity contribution in [3.05, 3.63) is 54.2 Å². The summed E-state index contributed by atoms with van der Waals surface area (Å²) in [6.07, 6.45) is 2.56. The highest BCUT2D eigenvalue weighted by Gasteiger charge is 2.12. The quantitative estimate of drug-likeness (QED) is 0.691. The van der Waals surface area contributed by atoms with Crippen LogP contribution in [0, 0.1) is 11.3 Å². The number of nitriles is 1. The van der Waals surface area contributed by atoms with Crippen LogP contribution in [0.5, 0.6) is 5.75 Å². The first kappa shape index (κ1) is 18.3. The fraction of sp³-hybridized carbons (Fsp3) is 0.238. The smallest absolute Gasteiger partial charge is 0.411 e. The number of methoxy groups -OCH3 is 1. The number of carbonyl (C=O) groups excluding carboxylic acids is 1. The fourth-order valence-electron chi connectivity index (χ4n) is 2.91. The molecule has 0 aliphatic rings. The maximum atomic E-state index is 11.8. The van der Waals surface area contributed by atoms with Gasteiger partial charge in [0.25, 0.3) is 0 Å². The van der Waals surface area contributed by atoms with Crippen LogP contribution in [0.1, 0.15) is 18.9 Å². The van der Waals surface area contributed by atoms with E-state index >= 15 is 0 Å². The molecule has 0 unspecified atom stereocenters. The summed E-state index contributed by atoms with van der Waals surface area (Å²) in [5, 5.41) is 12.9. The first-order valence-corrected chi connectivity index (χ1v) is 8.75. The molecule has 0 bridgehead atoms. The molecule has 6 heteroatoms. The predicted molar refractivity (Wildman–Crippen MR) is 104 cm³/mol. The van der Waals surface area contributed by atoms with E-state index in [1.807, 2.05) is 60.2 Å². The lowest BCUT2D eigenvalue weighted by atomic mass is 10.1. The van der Waals surface area contributed by atoms with E-state index in [2.05, 4.69) is 11.4 Å². The van der Waals surface area contributed by atoms with Crippen LogP contribution in [-0.2, 0) is 11.2 Å². The van der Waals surface area contributed by atoms with Crippen molar-refractivity contribution in [2.45, 2.75) is 19.8 Å². The van der Waals surface area contributed by atoms with Gasteiger partial charge in [-0.15, -0.1) is 0 Å². The summed E-state index contributed by atoms with van der Waals surface area (Å²) >= 11 is 0. The lowest BCUT2D eigenvalue weighted by Crippen LogP contribution is -2.14. The second kappa shape index (κ2) is 8.28. The van der Waals surface area contributed by atoms with Gasteiger partial charge in [0, 0.05) is 23.0 Å². The number of anilines is 1. The molecule has 0 radical (unpaired) electrons. The van der Waals surface area contributed by atoms with Crippen LogP contribution in [0.4, 0.5) is 10.5 Å². The molecule has 27 heavy (non-hydrogen) atoms. The van der Waals surface area contributed by atoms with Crippen molar-refractivity contribution in [3.8, 4) is 17.5 Å². The average molecular weight is 363 g/mol. The molecule has 0 saturated carbocycles. The molecular weight excluding hydrogens is 342 g/mol. The molecular formula is C21H21N3O3. The SMILES string of the molecule is CCCOC(=O)Nc1ccc2c(CC#N)cn(-c3ccc(OC)cc3)c2c1. The van der Waals surface area contributed by atoms with Gasteiger partial charge in [0.15, 0.2) is 0 Å². The van der Waals surface area contributed by atoms with E-state index in [9.17, 15) is 4.79 Å². The van der Waals surface area contributed by atoms with Gasteiger partial charge < -0.3 is 14.0 Å². The highest BCUT2D eigenvalue weighted by atomic mass is 16.5. The van der Waals surface area contributed by atoms with Crippen molar-refractivity contribution in [2.75, 3.05) is 19.0 Å². The highest BCUT2D eigenvalue weighted by Crippen LogP contribution is 2.29. The Labute approximate surface area is 157 Å². The summed E-state index contributed by atoms with van der Waals surface area (Å²) in [4.78, 5) is 11.8. The minimum Gasteiger partial charge on any atom is -0.497 e. The number of aromatic nitrogens is 1. The summed E-state index contributed by atoms with van der Waals surface area (Å²) in [6.45, 7) is 2.32. The zero-order chi connectivity index (χ0) is 19.2. The van der Waals surface area contributed by atoms with Gasteiger partial charge in [-0.2, -0.15) is 5.26 Å². The van der Waals surface area contributed by atoms with Gasteiger partial charge in [0.05, 0.1) is 31.7 Å². The van der Waals surface area contributed by atoms with Gasteiger partial charge in [0.2, 0.25) is 0 Å². The molecule has 1 N–H and O–H groups in total. The van der Waals surface area contributed by atoms with Crippen LogP contribution in [0.25, 0.3) is 16.6 Å². The number of nitrogens with one attached hydrogen (secondary N) is 1. The van der Waals surface area contributed by atoms with Crippen molar-refractivity contribution in [1.29, 1.82) is 5.26 Å². The zero-order valence-corrected chi connectivity index (χ0v) is 15.4. The van der Waals surface area contributed by atoms with Gasteiger partial charge in [-0.1, -0.05) is 13.0 Å². The van der Waals surface area contributed by atoms with Crippen LogP contribution in [0.2, 0.25) is 0 Å². The molecule has 0 atom stereocenters. The van der Waals surface area contributed by atoms with Crippen molar-refractivity contribution in [1.82, 2.24) is 4.57 Å². The van der Waals surface area contributed by atoms with Crippen LogP contribution < -0.4 is 10.1 Å². The first-order chi connectivity index (χ1) is 13.2. The van der Waals surface area contributed by atoms with Crippen LogP contribution >= 0.6 is 0 Å². The normalized spacial score (nSPS) is 10.4. The Hall–Kier alpha value is -3.46. The summed E-state index contributed by atoms with van der Waals surface area (Å²) < 4.78 is 12.3. The maximum absolute atomic E-state index is 11.8. The van der Waals surface area contributed by atoms with Gasteiger partial charge in [-0.25, -0.2) is 4.79 Å². The second-order valence-corrected chi connectivity index (χ2v) is 6.05. The van der Waals surface area contributed by atoms with E-state index in [0.717, 1.165) is 34.3 Å². The Bertz CT molecular complexity index is 984. The number of hydrogen-bond donors (Lipinski definition) is 1. The Morgan fingerprint density at radius 1 is 1.22 bits per heavy atom. The van der Waals surface area contributed by atoms with E-state index in [0.29, 0.717) is 18.7 Å². The molecule has 1 aromatic heterocycles. The van der Waals surface area contributed by atoms with E-state index in [4.69, 9.17) is 14.7 Å². The molecule has 2 aromatic carbocycles. The molecule has 138 valence electrons. The number of ether oxygens (including phenoxy) is 2. The number of fused-ring (bicyclic) bond motifs is 1. The van der Waals surface area contributed by atoms with Crippen molar-refractivity contribution < 1.29 is 14.3 Å². The van der Waals surface area contributed by atoms with Crippen LogP contribution in [-0.4, -0.2) is 24.4 Å². The number of amides is 1. The van der Waals surface area contributed by atoms with E-state index in [1.165, 1.54) is 0 Å². The fourth-order valence-corrected chi connectivity index (χ4v) is 2.91.